The second-order valence-electron chi connectivity index (χ2n) is 19.4. The van der Waals surface area contributed by atoms with Crippen molar-refractivity contribution in [2.75, 3.05) is 84.6 Å². The Hall–Kier alpha value is -8.80. The Labute approximate surface area is 493 Å². The minimum Gasteiger partial charge on any atom is -0.351 e. The van der Waals surface area contributed by atoms with Gasteiger partial charge in [0, 0.05) is 84.6 Å². The fourth-order valence-corrected chi connectivity index (χ4v) is 8.24. The minimum absolute atomic E-state index is 0. The van der Waals surface area contributed by atoms with Crippen LogP contribution in [-0.4, -0.2) is 165 Å². The maximum Gasteiger partial charge on any atom is 2.00 e. The summed E-state index contributed by atoms with van der Waals surface area (Å²) in [6.45, 7) is 0. The van der Waals surface area contributed by atoms with E-state index in [0.29, 0.717) is 0 Å². The predicted octanol–water partition coefficient (Wildman–Crippen LogP) is 4.35. The maximum absolute atomic E-state index is 9.43. The molecule has 0 spiro atoms. The quantitative estimate of drug-likeness (QED) is 0.118. The molecule has 0 saturated carbocycles. The Kier molecular flexibility index (Phi) is 37.6. The fraction of sp³-hybridized carbons (Fsp3) is 0.182. The van der Waals surface area contributed by atoms with Crippen LogP contribution < -0.4 is 43.7 Å². The Bertz CT molecular complexity index is 2260. The zero-order chi connectivity index (χ0) is 59.6. The third-order valence-electron chi connectivity index (χ3n) is 11.7. The first-order chi connectivity index (χ1) is 38.5. The predicted molar refractivity (Wildman–Crippen MR) is 339 cm³/mol. The standard InChI is InChI=1S/2C24H20B.6C3H7NO.Ni/c2*1-5-13-21(14-6-1)25(22-15-7-2-8-16-22,23-17-9-3-10-18-23)24-19-11-4-12-20-24;6*1-4(2)3-5;/h2*1-20H;6*3H,1-2H3;/q2*-1;;;;;;;+2. The molecule has 0 radical (unpaired) electrons. The summed E-state index contributed by atoms with van der Waals surface area (Å²) in [4.78, 5) is 65.2. The van der Waals surface area contributed by atoms with E-state index in [1.54, 1.807) is 84.6 Å². The molecule has 0 fully saturated rings. The van der Waals surface area contributed by atoms with Gasteiger partial charge in [0.2, 0.25) is 38.5 Å². The van der Waals surface area contributed by atoms with Crippen LogP contribution in [0, 0.1) is 0 Å². The third-order valence-corrected chi connectivity index (χ3v) is 11.7. The number of hydrogen-bond donors (Lipinski definition) is 0. The van der Waals surface area contributed by atoms with Gasteiger partial charge in [-0.15, -0.1) is 0 Å². The van der Waals surface area contributed by atoms with E-state index in [9.17, 15) is 28.8 Å². The van der Waals surface area contributed by atoms with Gasteiger partial charge in [0.15, 0.2) is 0 Å². The first kappa shape index (κ1) is 72.2. The number of rotatable bonds is 14. The zero-order valence-corrected chi connectivity index (χ0v) is 50.1. The number of hydrogen-bond acceptors (Lipinski definition) is 6. The van der Waals surface area contributed by atoms with E-state index in [4.69, 9.17) is 0 Å². The molecule has 15 heteroatoms. The van der Waals surface area contributed by atoms with Crippen molar-refractivity contribution in [3.63, 3.8) is 0 Å². The van der Waals surface area contributed by atoms with Crippen LogP contribution in [0.25, 0.3) is 0 Å². The Morgan fingerprint density at radius 3 is 0.333 bits per heavy atom. The van der Waals surface area contributed by atoms with E-state index in [2.05, 4.69) is 243 Å². The van der Waals surface area contributed by atoms with Crippen molar-refractivity contribution < 1.29 is 45.3 Å². The summed E-state index contributed by atoms with van der Waals surface area (Å²) in [7, 11) is 20.2. The van der Waals surface area contributed by atoms with E-state index in [0.717, 1.165) is 38.5 Å². The third kappa shape index (κ3) is 25.7. The Balaban J connectivity index is 0.00000105. The van der Waals surface area contributed by atoms with Crippen LogP contribution in [0.5, 0.6) is 0 Å². The van der Waals surface area contributed by atoms with Gasteiger partial charge in [-0.2, -0.15) is 43.7 Å². The Morgan fingerprint density at radius 1 is 0.198 bits per heavy atom. The number of carbonyl (C=O) groups is 6. The molecule has 0 atom stereocenters. The van der Waals surface area contributed by atoms with Gasteiger partial charge in [-0.05, 0) is 0 Å². The maximum atomic E-state index is 9.43. The van der Waals surface area contributed by atoms with Gasteiger partial charge in [-0.3, -0.25) is 28.8 Å². The van der Waals surface area contributed by atoms with Crippen molar-refractivity contribution >= 4 is 94.5 Å². The zero-order valence-electron chi connectivity index (χ0n) is 49.2. The smallest absolute Gasteiger partial charge is 0.351 e. The van der Waals surface area contributed by atoms with Crippen molar-refractivity contribution in [2.24, 2.45) is 0 Å². The molecule has 12 nitrogen and oxygen atoms in total. The number of nitrogens with zero attached hydrogens (tertiary/aromatic N) is 6. The minimum atomic E-state index is -1.22. The second kappa shape index (κ2) is 42.2. The molecule has 0 heterocycles. The molecule has 0 aliphatic rings. The summed E-state index contributed by atoms with van der Waals surface area (Å²) in [5.74, 6) is 0. The molecular formula is C66H82B2N6NiO6. The molecule has 0 saturated heterocycles. The normalized spacial score (nSPS) is 9.43. The van der Waals surface area contributed by atoms with Crippen LogP contribution in [0.4, 0.5) is 0 Å². The summed E-state index contributed by atoms with van der Waals surface area (Å²) in [5.41, 5.74) is 10.7. The van der Waals surface area contributed by atoms with Gasteiger partial charge in [-0.25, -0.2) is 0 Å². The van der Waals surface area contributed by atoms with Crippen LogP contribution in [0.1, 0.15) is 0 Å². The van der Waals surface area contributed by atoms with E-state index < -0.39 is 12.3 Å². The molecule has 8 aromatic carbocycles. The molecule has 0 bridgehead atoms. The van der Waals surface area contributed by atoms with Crippen molar-refractivity contribution in [1.29, 1.82) is 0 Å². The molecule has 0 aliphatic heterocycles. The molecule has 0 N–H and O–H groups in total. The van der Waals surface area contributed by atoms with Gasteiger partial charge in [0.05, 0.1) is 0 Å². The fourth-order valence-electron chi connectivity index (χ4n) is 8.24. The summed E-state index contributed by atoms with van der Waals surface area (Å²) in [5, 5.41) is 0. The number of benzene rings is 8. The van der Waals surface area contributed by atoms with Crippen molar-refractivity contribution in [3.05, 3.63) is 243 Å². The first-order valence-electron chi connectivity index (χ1n) is 25.9. The molecule has 81 heavy (non-hydrogen) atoms. The van der Waals surface area contributed by atoms with E-state index in [1.807, 2.05) is 0 Å². The second-order valence-corrected chi connectivity index (χ2v) is 19.4. The van der Waals surface area contributed by atoms with Gasteiger partial charge in [0.1, 0.15) is 12.3 Å². The Morgan fingerprint density at radius 2 is 0.272 bits per heavy atom. The van der Waals surface area contributed by atoms with E-state index >= 15 is 0 Å². The molecular weight excluding hydrogens is 1050 g/mol. The van der Waals surface area contributed by atoms with Gasteiger partial charge in [-0.1, -0.05) is 243 Å². The summed E-state index contributed by atoms with van der Waals surface area (Å²) >= 11 is 0. The van der Waals surface area contributed by atoms with Crippen molar-refractivity contribution in [1.82, 2.24) is 29.4 Å². The summed E-state index contributed by atoms with van der Waals surface area (Å²) in [6.07, 6.45) is 2.07. The molecule has 0 unspecified atom stereocenters. The van der Waals surface area contributed by atoms with Crippen LogP contribution in [0.15, 0.2) is 243 Å². The van der Waals surface area contributed by atoms with E-state index in [-0.39, 0.29) is 16.5 Å². The SMILES string of the molecule is CN(C)C=O.CN(C)C=O.CN(C)C=O.CN(C)C=O.CN(C)C=O.CN(C)C=O.[Ni+2].c1ccc([B-](c2ccccc2)(c2ccccc2)c2ccccc2)cc1.c1ccc([B-](c2ccccc2)(c2ccccc2)c2ccccc2)cc1. The molecule has 0 aliphatic carbocycles. The van der Waals surface area contributed by atoms with Crippen molar-refractivity contribution in [3.8, 4) is 0 Å². The number of carbonyl (C=O) groups excluding carboxylic acids is 6. The first-order valence-corrected chi connectivity index (χ1v) is 25.9. The molecule has 8 rings (SSSR count). The summed E-state index contributed by atoms with van der Waals surface area (Å²) in [6, 6.07) is 87.1. The van der Waals surface area contributed by atoms with Crippen LogP contribution in [0.3, 0.4) is 0 Å². The topological polar surface area (TPSA) is 122 Å². The van der Waals surface area contributed by atoms with Crippen LogP contribution in [-0.2, 0) is 45.3 Å². The van der Waals surface area contributed by atoms with Gasteiger partial charge in [0.25, 0.3) is 0 Å². The van der Waals surface area contributed by atoms with Gasteiger partial charge < -0.3 is 29.4 Å². The van der Waals surface area contributed by atoms with E-state index in [1.165, 1.54) is 73.1 Å². The molecule has 0 aromatic heterocycles. The van der Waals surface area contributed by atoms with Crippen LogP contribution >= 0.6 is 0 Å². The monoisotopic (exact) mass is 1130 g/mol. The van der Waals surface area contributed by atoms with Crippen molar-refractivity contribution in [2.45, 2.75) is 0 Å². The molecule has 428 valence electrons. The van der Waals surface area contributed by atoms with Gasteiger partial charge >= 0.3 is 16.5 Å². The molecule has 6 amide bonds. The largest absolute Gasteiger partial charge is 2.00 e. The average Bonchev–Trinajstić information content (AvgIpc) is 3.50. The summed E-state index contributed by atoms with van der Waals surface area (Å²) < 4.78 is 0. The average molecular weight is 1140 g/mol. The number of amides is 6. The molecule has 8 aromatic rings. The van der Waals surface area contributed by atoms with Crippen LogP contribution in [0.2, 0.25) is 0 Å².